The smallest absolute Gasteiger partial charge is 0.187 e. The maximum absolute atomic E-state index is 4.32. The molecule has 2 heterocycles. The van der Waals surface area contributed by atoms with Gasteiger partial charge in [0.2, 0.25) is 0 Å². The second kappa shape index (κ2) is 6.36. The molecule has 0 N–H and O–H groups in total. The maximum Gasteiger partial charge on any atom is 0.187 e. The van der Waals surface area contributed by atoms with Crippen molar-refractivity contribution in [3.63, 3.8) is 0 Å². The van der Waals surface area contributed by atoms with Gasteiger partial charge < -0.3 is 4.90 Å². The SMILES string of the molecule is Cc1cnc(SCCC2CCCCN2C)nc1. The fourth-order valence-corrected chi connectivity index (χ4v) is 3.08. The number of aromatic nitrogens is 2. The average molecular weight is 251 g/mol. The number of hydrogen-bond donors (Lipinski definition) is 0. The second-order valence-electron chi connectivity index (χ2n) is 4.81. The molecule has 0 aromatic carbocycles. The first kappa shape index (κ1) is 12.8. The number of rotatable bonds is 4. The molecular formula is C13H21N3S. The van der Waals surface area contributed by atoms with Crippen molar-refractivity contribution >= 4 is 11.8 Å². The van der Waals surface area contributed by atoms with Gasteiger partial charge in [0, 0.05) is 24.2 Å². The fourth-order valence-electron chi connectivity index (χ4n) is 2.25. The summed E-state index contributed by atoms with van der Waals surface area (Å²) >= 11 is 1.78. The van der Waals surface area contributed by atoms with E-state index in [1.807, 2.05) is 19.3 Å². The number of aryl methyl sites for hydroxylation is 1. The van der Waals surface area contributed by atoms with Crippen molar-refractivity contribution in [3.05, 3.63) is 18.0 Å². The van der Waals surface area contributed by atoms with Gasteiger partial charge in [0.05, 0.1) is 0 Å². The summed E-state index contributed by atoms with van der Waals surface area (Å²) in [7, 11) is 2.25. The Labute approximate surface area is 108 Å². The van der Waals surface area contributed by atoms with Gasteiger partial charge in [-0.2, -0.15) is 0 Å². The lowest BCUT2D eigenvalue weighted by atomic mass is 10.0. The molecule has 1 aromatic rings. The lowest BCUT2D eigenvalue weighted by molar-refractivity contribution is 0.182. The summed E-state index contributed by atoms with van der Waals surface area (Å²) in [4.78, 5) is 11.1. The minimum Gasteiger partial charge on any atom is -0.303 e. The zero-order valence-corrected chi connectivity index (χ0v) is 11.5. The lowest BCUT2D eigenvalue weighted by Gasteiger charge is -2.32. The molecule has 94 valence electrons. The monoisotopic (exact) mass is 251 g/mol. The first-order chi connectivity index (χ1) is 8.25. The summed E-state index contributed by atoms with van der Waals surface area (Å²) in [6, 6.07) is 0.765. The summed E-state index contributed by atoms with van der Waals surface area (Å²) in [6.07, 6.45) is 9.14. The van der Waals surface area contributed by atoms with Crippen molar-refractivity contribution in [2.24, 2.45) is 0 Å². The molecule has 2 rings (SSSR count). The van der Waals surface area contributed by atoms with Crippen LogP contribution in [-0.4, -0.2) is 40.3 Å². The van der Waals surface area contributed by atoms with Crippen molar-refractivity contribution < 1.29 is 0 Å². The first-order valence-electron chi connectivity index (χ1n) is 6.37. The van der Waals surface area contributed by atoms with Crippen LogP contribution in [0, 0.1) is 6.92 Å². The molecule has 1 aliphatic rings. The Hall–Kier alpha value is -0.610. The van der Waals surface area contributed by atoms with Crippen molar-refractivity contribution in [1.82, 2.24) is 14.9 Å². The molecule has 0 radical (unpaired) electrons. The number of likely N-dealkylation sites (tertiary alicyclic amines) is 1. The Balaban J connectivity index is 1.73. The van der Waals surface area contributed by atoms with Crippen LogP contribution in [0.1, 0.15) is 31.2 Å². The minimum atomic E-state index is 0.765. The summed E-state index contributed by atoms with van der Waals surface area (Å²) in [5, 5.41) is 0.911. The Morgan fingerprint density at radius 1 is 1.35 bits per heavy atom. The highest BCUT2D eigenvalue weighted by molar-refractivity contribution is 7.99. The highest BCUT2D eigenvalue weighted by Crippen LogP contribution is 2.21. The van der Waals surface area contributed by atoms with Crippen LogP contribution in [0.2, 0.25) is 0 Å². The van der Waals surface area contributed by atoms with E-state index in [1.165, 1.54) is 32.2 Å². The molecule has 17 heavy (non-hydrogen) atoms. The lowest BCUT2D eigenvalue weighted by Crippen LogP contribution is -2.36. The third-order valence-corrected chi connectivity index (χ3v) is 4.27. The minimum absolute atomic E-state index is 0.765. The predicted molar refractivity (Wildman–Crippen MR) is 72.4 cm³/mol. The van der Waals surface area contributed by atoms with E-state index in [9.17, 15) is 0 Å². The van der Waals surface area contributed by atoms with E-state index in [0.29, 0.717) is 0 Å². The summed E-state index contributed by atoms with van der Waals surface area (Å²) in [6.45, 7) is 3.28. The van der Waals surface area contributed by atoms with E-state index in [0.717, 1.165) is 22.5 Å². The number of thioether (sulfide) groups is 1. The van der Waals surface area contributed by atoms with Gasteiger partial charge in [-0.1, -0.05) is 18.2 Å². The van der Waals surface area contributed by atoms with Crippen molar-refractivity contribution in [3.8, 4) is 0 Å². The largest absolute Gasteiger partial charge is 0.303 e. The summed E-state index contributed by atoms with van der Waals surface area (Å²) in [5.41, 5.74) is 1.13. The molecule has 1 saturated heterocycles. The molecule has 1 unspecified atom stereocenters. The van der Waals surface area contributed by atoms with Gasteiger partial charge in [0.1, 0.15) is 0 Å². The molecule has 0 spiro atoms. The van der Waals surface area contributed by atoms with Gasteiger partial charge >= 0.3 is 0 Å². The van der Waals surface area contributed by atoms with Gasteiger partial charge in [0.15, 0.2) is 5.16 Å². The van der Waals surface area contributed by atoms with Gasteiger partial charge in [-0.25, -0.2) is 9.97 Å². The van der Waals surface area contributed by atoms with Crippen LogP contribution < -0.4 is 0 Å². The third-order valence-electron chi connectivity index (χ3n) is 3.36. The van der Waals surface area contributed by atoms with Crippen LogP contribution in [-0.2, 0) is 0 Å². The van der Waals surface area contributed by atoms with Crippen molar-refractivity contribution in [2.75, 3.05) is 19.3 Å². The normalized spacial score (nSPS) is 21.6. The quantitative estimate of drug-likeness (QED) is 0.608. The Morgan fingerprint density at radius 2 is 2.12 bits per heavy atom. The standard InChI is InChI=1S/C13H21N3S/c1-11-9-14-13(15-10-11)17-8-6-12-5-3-4-7-16(12)2/h9-10,12H,3-8H2,1-2H3. The van der Waals surface area contributed by atoms with E-state index in [1.54, 1.807) is 11.8 Å². The molecule has 0 amide bonds. The average Bonchev–Trinajstić information content (AvgIpc) is 2.34. The highest BCUT2D eigenvalue weighted by Gasteiger charge is 2.18. The summed E-state index contributed by atoms with van der Waals surface area (Å²) < 4.78 is 0. The van der Waals surface area contributed by atoms with Crippen LogP contribution in [0.5, 0.6) is 0 Å². The third kappa shape index (κ3) is 3.96. The molecular weight excluding hydrogens is 230 g/mol. The number of piperidine rings is 1. The Morgan fingerprint density at radius 3 is 2.82 bits per heavy atom. The topological polar surface area (TPSA) is 29.0 Å². The highest BCUT2D eigenvalue weighted by atomic mass is 32.2. The van der Waals surface area contributed by atoms with Crippen LogP contribution in [0.25, 0.3) is 0 Å². The van der Waals surface area contributed by atoms with Gasteiger partial charge in [-0.3, -0.25) is 0 Å². The Kier molecular flexibility index (Phi) is 4.80. The molecule has 1 aliphatic heterocycles. The number of nitrogens with zero attached hydrogens (tertiary/aromatic N) is 3. The predicted octanol–water partition coefficient (Wildman–Crippen LogP) is 2.75. The van der Waals surface area contributed by atoms with Crippen LogP contribution in [0.3, 0.4) is 0 Å². The molecule has 4 heteroatoms. The number of hydrogen-bond acceptors (Lipinski definition) is 4. The van der Waals surface area contributed by atoms with Crippen LogP contribution >= 0.6 is 11.8 Å². The van der Waals surface area contributed by atoms with Gasteiger partial charge in [0.25, 0.3) is 0 Å². The molecule has 1 fully saturated rings. The van der Waals surface area contributed by atoms with E-state index < -0.39 is 0 Å². The molecule has 1 aromatic heterocycles. The Bertz CT molecular complexity index is 339. The van der Waals surface area contributed by atoms with E-state index in [4.69, 9.17) is 0 Å². The van der Waals surface area contributed by atoms with Crippen LogP contribution in [0.4, 0.5) is 0 Å². The van der Waals surface area contributed by atoms with E-state index >= 15 is 0 Å². The van der Waals surface area contributed by atoms with Crippen molar-refractivity contribution in [2.45, 2.75) is 43.8 Å². The van der Waals surface area contributed by atoms with Crippen LogP contribution in [0.15, 0.2) is 17.6 Å². The van der Waals surface area contributed by atoms with Gasteiger partial charge in [-0.15, -0.1) is 0 Å². The molecule has 1 atom stereocenters. The summed E-state index contributed by atoms with van der Waals surface area (Å²) in [5.74, 6) is 1.12. The molecule has 0 saturated carbocycles. The maximum atomic E-state index is 4.32. The zero-order chi connectivity index (χ0) is 12.1. The van der Waals surface area contributed by atoms with Gasteiger partial charge in [-0.05, 0) is 45.3 Å². The first-order valence-corrected chi connectivity index (χ1v) is 7.36. The second-order valence-corrected chi connectivity index (χ2v) is 5.87. The zero-order valence-electron chi connectivity index (χ0n) is 10.7. The van der Waals surface area contributed by atoms with Crippen molar-refractivity contribution in [1.29, 1.82) is 0 Å². The van der Waals surface area contributed by atoms with E-state index in [-0.39, 0.29) is 0 Å². The van der Waals surface area contributed by atoms with E-state index in [2.05, 4.69) is 21.9 Å². The fraction of sp³-hybridized carbons (Fsp3) is 0.692. The molecule has 0 bridgehead atoms. The molecule has 3 nitrogen and oxygen atoms in total. The molecule has 0 aliphatic carbocycles.